The van der Waals surface area contributed by atoms with Crippen molar-refractivity contribution in [2.45, 2.75) is 31.8 Å². The first-order valence-corrected chi connectivity index (χ1v) is 5.96. The summed E-state index contributed by atoms with van der Waals surface area (Å²) in [5, 5.41) is 6.19. The van der Waals surface area contributed by atoms with Crippen LogP contribution < -0.4 is 10.6 Å². The molecule has 0 saturated carbocycles. The minimum atomic E-state index is 0.175. The maximum Gasteiger partial charge on any atom is 0.224 e. The third-order valence-corrected chi connectivity index (χ3v) is 3.21. The van der Waals surface area contributed by atoms with Crippen molar-refractivity contribution >= 4 is 5.91 Å². The molecule has 2 aliphatic heterocycles. The van der Waals surface area contributed by atoms with Gasteiger partial charge in [0.1, 0.15) is 0 Å². The molecule has 2 rings (SSSR count). The van der Waals surface area contributed by atoms with Crippen molar-refractivity contribution in [1.29, 1.82) is 0 Å². The first-order chi connectivity index (χ1) is 7.36. The van der Waals surface area contributed by atoms with Gasteiger partial charge < -0.3 is 15.4 Å². The fourth-order valence-corrected chi connectivity index (χ4v) is 2.21. The van der Waals surface area contributed by atoms with Gasteiger partial charge in [-0.05, 0) is 32.2 Å². The molecule has 2 atom stereocenters. The Morgan fingerprint density at radius 2 is 2.33 bits per heavy atom. The molecule has 1 unspecified atom stereocenters. The van der Waals surface area contributed by atoms with Gasteiger partial charge in [0, 0.05) is 19.7 Å². The molecule has 2 aliphatic rings. The van der Waals surface area contributed by atoms with Crippen molar-refractivity contribution in [3.63, 3.8) is 0 Å². The van der Waals surface area contributed by atoms with E-state index in [1.165, 1.54) is 6.42 Å². The van der Waals surface area contributed by atoms with Gasteiger partial charge in [-0.15, -0.1) is 0 Å². The van der Waals surface area contributed by atoms with E-state index in [2.05, 4.69) is 10.6 Å². The van der Waals surface area contributed by atoms with Crippen molar-refractivity contribution in [3.8, 4) is 0 Å². The quantitative estimate of drug-likeness (QED) is 0.706. The van der Waals surface area contributed by atoms with Gasteiger partial charge in [0.25, 0.3) is 0 Å². The third kappa shape index (κ3) is 3.18. The molecule has 0 aliphatic carbocycles. The standard InChI is InChI=1S/C11H20N2O2/c14-11(9-4-5-12-7-9)13-8-10-3-1-2-6-15-10/h9-10,12H,1-8H2,(H,13,14)/t9-,10?/m0/s1. The lowest BCUT2D eigenvalue weighted by Gasteiger charge is -2.23. The van der Waals surface area contributed by atoms with E-state index in [0.29, 0.717) is 6.54 Å². The average molecular weight is 212 g/mol. The van der Waals surface area contributed by atoms with E-state index in [0.717, 1.165) is 39.0 Å². The smallest absolute Gasteiger partial charge is 0.224 e. The summed E-state index contributed by atoms with van der Waals surface area (Å²) in [7, 11) is 0. The third-order valence-electron chi connectivity index (χ3n) is 3.21. The summed E-state index contributed by atoms with van der Waals surface area (Å²) >= 11 is 0. The maximum absolute atomic E-state index is 11.7. The molecule has 2 fully saturated rings. The monoisotopic (exact) mass is 212 g/mol. The highest BCUT2D eigenvalue weighted by molar-refractivity contribution is 5.79. The van der Waals surface area contributed by atoms with Crippen LogP contribution in [0.2, 0.25) is 0 Å². The van der Waals surface area contributed by atoms with E-state index < -0.39 is 0 Å². The van der Waals surface area contributed by atoms with Gasteiger partial charge in [-0.25, -0.2) is 0 Å². The first kappa shape index (κ1) is 10.9. The van der Waals surface area contributed by atoms with E-state index >= 15 is 0 Å². The number of amides is 1. The van der Waals surface area contributed by atoms with Gasteiger partial charge in [-0.2, -0.15) is 0 Å². The SMILES string of the molecule is O=C(NCC1CCCCO1)[C@H]1CCNC1. The zero-order valence-electron chi connectivity index (χ0n) is 9.13. The zero-order chi connectivity index (χ0) is 10.5. The van der Waals surface area contributed by atoms with Crippen LogP contribution in [0, 0.1) is 5.92 Å². The van der Waals surface area contributed by atoms with Crippen molar-refractivity contribution < 1.29 is 9.53 Å². The Hall–Kier alpha value is -0.610. The maximum atomic E-state index is 11.7. The molecule has 4 heteroatoms. The van der Waals surface area contributed by atoms with Crippen LogP contribution in [0.4, 0.5) is 0 Å². The highest BCUT2D eigenvalue weighted by Gasteiger charge is 2.23. The van der Waals surface area contributed by atoms with Crippen LogP contribution in [0.3, 0.4) is 0 Å². The van der Waals surface area contributed by atoms with Crippen LogP contribution in [0.15, 0.2) is 0 Å². The van der Waals surface area contributed by atoms with Crippen molar-refractivity contribution in [3.05, 3.63) is 0 Å². The molecular weight excluding hydrogens is 192 g/mol. The molecule has 0 spiro atoms. The van der Waals surface area contributed by atoms with E-state index in [-0.39, 0.29) is 17.9 Å². The Morgan fingerprint density at radius 3 is 3.00 bits per heavy atom. The van der Waals surface area contributed by atoms with E-state index in [4.69, 9.17) is 4.74 Å². The van der Waals surface area contributed by atoms with Crippen LogP contribution in [0.1, 0.15) is 25.7 Å². The molecule has 2 N–H and O–H groups in total. The molecule has 4 nitrogen and oxygen atoms in total. The molecule has 1 amide bonds. The van der Waals surface area contributed by atoms with E-state index in [9.17, 15) is 4.79 Å². The highest BCUT2D eigenvalue weighted by atomic mass is 16.5. The summed E-state index contributed by atoms with van der Waals surface area (Å²) in [6.45, 7) is 3.34. The Labute approximate surface area is 90.8 Å². The Balaban J connectivity index is 1.65. The highest BCUT2D eigenvalue weighted by Crippen LogP contribution is 2.12. The minimum Gasteiger partial charge on any atom is -0.376 e. The number of ether oxygens (including phenoxy) is 1. The molecule has 86 valence electrons. The Kier molecular flexibility index (Phi) is 3.97. The van der Waals surface area contributed by atoms with Gasteiger partial charge >= 0.3 is 0 Å². The number of nitrogens with one attached hydrogen (secondary N) is 2. The lowest BCUT2D eigenvalue weighted by molar-refractivity contribution is -0.125. The number of carbonyl (C=O) groups is 1. The van der Waals surface area contributed by atoms with Crippen LogP contribution in [-0.4, -0.2) is 38.3 Å². The number of rotatable bonds is 3. The summed E-state index contributed by atoms with van der Waals surface area (Å²) in [6, 6.07) is 0. The molecule has 15 heavy (non-hydrogen) atoms. The molecule has 2 heterocycles. The second kappa shape index (κ2) is 5.47. The summed E-state index contributed by atoms with van der Waals surface area (Å²) in [6.07, 6.45) is 4.69. The van der Waals surface area contributed by atoms with Crippen LogP contribution in [0.5, 0.6) is 0 Å². The normalized spacial score (nSPS) is 31.5. The minimum absolute atomic E-state index is 0.175. The van der Waals surface area contributed by atoms with Crippen molar-refractivity contribution in [2.24, 2.45) is 5.92 Å². The lowest BCUT2D eigenvalue weighted by Crippen LogP contribution is -2.39. The Bertz CT molecular complexity index is 209. The second-order valence-electron chi connectivity index (χ2n) is 4.42. The molecule has 0 aromatic heterocycles. The van der Waals surface area contributed by atoms with E-state index in [1.807, 2.05) is 0 Å². The van der Waals surface area contributed by atoms with Crippen LogP contribution in [0.25, 0.3) is 0 Å². The largest absolute Gasteiger partial charge is 0.376 e. The van der Waals surface area contributed by atoms with Gasteiger partial charge in [-0.3, -0.25) is 4.79 Å². The predicted octanol–water partition coefficient (Wildman–Crippen LogP) is 0.281. The van der Waals surface area contributed by atoms with Gasteiger partial charge in [0.2, 0.25) is 5.91 Å². The average Bonchev–Trinajstić information content (AvgIpc) is 2.81. The summed E-state index contributed by atoms with van der Waals surface area (Å²) in [4.78, 5) is 11.7. The number of hydrogen-bond acceptors (Lipinski definition) is 3. The van der Waals surface area contributed by atoms with Gasteiger partial charge in [0.05, 0.1) is 12.0 Å². The van der Waals surface area contributed by atoms with E-state index in [1.54, 1.807) is 0 Å². The lowest BCUT2D eigenvalue weighted by atomic mass is 10.1. The molecule has 0 radical (unpaired) electrons. The first-order valence-electron chi connectivity index (χ1n) is 5.96. The topological polar surface area (TPSA) is 50.4 Å². The van der Waals surface area contributed by atoms with Crippen molar-refractivity contribution in [1.82, 2.24) is 10.6 Å². The van der Waals surface area contributed by atoms with Gasteiger partial charge in [-0.1, -0.05) is 0 Å². The summed E-state index contributed by atoms with van der Waals surface area (Å²) in [5.41, 5.74) is 0. The van der Waals surface area contributed by atoms with Gasteiger partial charge in [0.15, 0.2) is 0 Å². The zero-order valence-corrected chi connectivity index (χ0v) is 9.13. The fraction of sp³-hybridized carbons (Fsp3) is 0.909. The molecule has 0 bridgehead atoms. The summed E-state index contributed by atoms with van der Waals surface area (Å²) < 4.78 is 5.56. The second-order valence-corrected chi connectivity index (χ2v) is 4.42. The number of hydrogen-bond donors (Lipinski definition) is 2. The molecule has 0 aromatic carbocycles. The predicted molar refractivity (Wildman–Crippen MR) is 57.6 cm³/mol. The summed E-state index contributed by atoms with van der Waals surface area (Å²) in [5.74, 6) is 0.364. The van der Waals surface area contributed by atoms with Crippen molar-refractivity contribution in [2.75, 3.05) is 26.2 Å². The fourth-order valence-electron chi connectivity index (χ4n) is 2.21. The van der Waals surface area contributed by atoms with Crippen LogP contribution >= 0.6 is 0 Å². The molecule has 2 saturated heterocycles. The number of carbonyl (C=O) groups excluding carboxylic acids is 1. The Morgan fingerprint density at radius 1 is 1.40 bits per heavy atom. The van der Waals surface area contributed by atoms with Crippen LogP contribution in [-0.2, 0) is 9.53 Å². The molecule has 0 aromatic rings. The molecular formula is C11H20N2O2.